The Kier molecular flexibility index (Phi) is 5.80. The van der Waals surface area contributed by atoms with Crippen molar-refractivity contribution >= 4 is 17.7 Å². The van der Waals surface area contributed by atoms with E-state index in [-0.39, 0.29) is 5.91 Å². The molecular weight excluding hydrogens is 290 g/mol. The lowest BCUT2D eigenvalue weighted by Crippen LogP contribution is -2.07. The largest absolute Gasteiger partial charge is 0.493 e. The first-order valence-corrected chi connectivity index (χ1v) is 7.49. The van der Waals surface area contributed by atoms with Crippen molar-refractivity contribution in [2.45, 2.75) is 13.8 Å². The molecule has 0 saturated carbocycles. The van der Waals surface area contributed by atoms with E-state index in [2.05, 4.69) is 5.32 Å². The minimum atomic E-state index is -0.177. The Bertz CT molecular complexity index is 708. The van der Waals surface area contributed by atoms with Gasteiger partial charge in [0.1, 0.15) is 0 Å². The fraction of sp³-hybridized carbons (Fsp3) is 0.211. The number of carbonyl (C=O) groups excluding carboxylic acids is 1. The SMILES string of the molecule is CCOc1cc(/C=C/C(=O)Nc2cccc(C)c2)ccc1OC. The van der Waals surface area contributed by atoms with Crippen molar-refractivity contribution in [2.75, 3.05) is 19.0 Å². The van der Waals surface area contributed by atoms with E-state index in [1.807, 2.05) is 56.3 Å². The number of hydrogen-bond donors (Lipinski definition) is 1. The molecular formula is C19H21NO3. The molecule has 0 unspecified atom stereocenters. The number of rotatable bonds is 6. The minimum Gasteiger partial charge on any atom is -0.493 e. The Labute approximate surface area is 136 Å². The van der Waals surface area contributed by atoms with Crippen LogP contribution in [0.1, 0.15) is 18.1 Å². The summed E-state index contributed by atoms with van der Waals surface area (Å²) in [7, 11) is 1.60. The van der Waals surface area contributed by atoms with Gasteiger partial charge in [0.05, 0.1) is 13.7 Å². The van der Waals surface area contributed by atoms with Gasteiger partial charge in [0.2, 0.25) is 5.91 Å². The van der Waals surface area contributed by atoms with Crippen molar-refractivity contribution < 1.29 is 14.3 Å². The summed E-state index contributed by atoms with van der Waals surface area (Å²) in [5.74, 6) is 1.16. The normalized spacial score (nSPS) is 10.6. The number of anilines is 1. The highest BCUT2D eigenvalue weighted by atomic mass is 16.5. The van der Waals surface area contributed by atoms with E-state index in [0.29, 0.717) is 18.1 Å². The average molecular weight is 311 g/mol. The smallest absolute Gasteiger partial charge is 0.248 e. The molecule has 0 aliphatic heterocycles. The standard InChI is InChI=1S/C19H21NO3/c1-4-23-18-13-15(8-10-17(18)22-3)9-11-19(21)20-16-7-5-6-14(2)12-16/h5-13H,4H2,1-3H3,(H,20,21)/b11-9+. The van der Waals surface area contributed by atoms with Crippen molar-refractivity contribution in [3.05, 3.63) is 59.7 Å². The maximum Gasteiger partial charge on any atom is 0.248 e. The predicted molar refractivity (Wildman–Crippen MR) is 93.0 cm³/mol. The molecule has 0 radical (unpaired) electrons. The average Bonchev–Trinajstić information content (AvgIpc) is 2.53. The minimum absolute atomic E-state index is 0.177. The number of nitrogens with one attached hydrogen (secondary N) is 1. The Morgan fingerprint density at radius 3 is 2.70 bits per heavy atom. The summed E-state index contributed by atoms with van der Waals surface area (Å²) in [6.07, 6.45) is 3.24. The molecule has 0 heterocycles. The summed E-state index contributed by atoms with van der Waals surface area (Å²) in [5.41, 5.74) is 2.75. The molecule has 4 heteroatoms. The van der Waals surface area contributed by atoms with Gasteiger partial charge in [-0.3, -0.25) is 4.79 Å². The number of carbonyl (C=O) groups is 1. The van der Waals surface area contributed by atoms with Crippen molar-refractivity contribution in [1.29, 1.82) is 0 Å². The van der Waals surface area contributed by atoms with E-state index in [1.54, 1.807) is 13.2 Å². The quantitative estimate of drug-likeness (QED) is 0.819. The lowest BCUT2D eigenvalue weighted by Gasteiger charge is -2.09. The number of methoxy groups -OCH3 is 1. The monoisotopic (exact) mass is 311 g/mol. The molecule has 0 fully saturated rings. The van der Waals surface area contributed by atoms with Crippen LogP contribution in [0.15, 0.2) is 48.5 Å². The molecule has 0 aliphatic carbocycles. The zero-order valence-electron chi connectivity index (χ0n) is 13.6. The highest BCUT2D eigenvalue weighted by Crippen LogP contribution is 2.28. The fourth-order valence-corrected chi connectivity index (χ4v) is 2.14. The lowest BCUT2D eigenvalue weighted by molar-refractivity contribution is -0.111. The summed E-state index contributed by atoms with van der Waals surface area (Å²) in [4.78, 5) is 12.0. The summed E-state index contributed by atoms with van der Waals surface area (Å²) in [6, 6.07) is 13.2. The summed E-state index contributed by atoms with van der Waals surface area (Å²) in [6.45, 7) is 4.45. The molecule has 0 aliphatic rings. The van der Waals surface area contributed by atoms with Crippen LogP contribution >= 0.6 is 0 Å². The second-order valence-electron chi connectivity index (χ2n) is 5.04. The molecule has 2 aromatic rings. The van der Waals surface area contributed by atoms with Crippen molar-refractivity contribution in [2.24, 2.45) is 0 Å². The Balaban J connectivity index is 2.07. The van der Waals surface area contributed by atoms with Gasteiger partial charge in [0.25, 0.3) is 0 Å². The van der Waals surface area contributed by atoms with Gasteiger partial charge in [0.15, 0.2) is 11.5 Å². The van der Waals surface area contributed by atoms with E-state index in [9.17, 15) is 4.79 Å². The van der Waals surface area contributed by atoms with Gasteiger partial charge in [-0.25, -0.2) is 0 Å². The molecule has 4 nitrogen and oxygen atoms in total. The van der Waals surface area contributed by atoms with Crippen LogP contribution in [0.5, 0.6) is 11.5 Å². The van der Waals surface area contributed by atoms with Crippen LogP contribution in [-0.2, 0) is 4.79 Å². The first kappa shape index (κ1) is 16.6. The fourth-order valence-electron chi connectivity index (χ4n) is 2.14. The van der Waals surface area contributed by atoms with Crippen LogP contribution in [0, 0.1) is 6.92 Å². The number of benzene rings is 2. The molecule has 120 valence electrons. The Morgan fingerprint density at radius 2 is 2.00 bits per heavy atom. The third kappa shape index (κ3) is 4.88. The van der Waals surface area contributed by atoms with Crippen LogP contribution in [0.3, 0.4) is 0 Å². The van der Waals surface area contributed by atoms with Crippen LogP contribution in [0.2, 0.25) is 0 Å². The highest BCUT2D eigenvalue weighted by Gasteiger charge is 2.04. The van der Waals surface area contributed by atoms with Crippen LogP contribution < -0.4 is 14.8 Å². The molecule has 1 amide bonds. The number of ether oxygens (including phenoxy) is 2. The van der Waals surface area contributed by atoms with Gasteiger partial charge in [0, 0.05) is 11.8 Å². The molecule has 0 atom stereocenters. The van der Waals surface area contributed by atoms with Gasteiger partial charge < -0.3 is 14.8 Å². The van der Waals surface area contributed by atoms with Gasteiger partial charge >= 0.3 is 0 Å². The Hall–Kier alpha value is -2.75. The van der Waals surface area contributed by atoms with E-state index < -0.39 is 0 Å². The topological polar surface area (TPSA) is 47.6 Å². The molecule has 0 bridgehead atoms. The second kappa shape index (κ2) is 8.03. The molecule has 2 rings (SSSR count). The van der Waals surface area contributed by atoms with Crippen LogP contribution in [0.4, 0.5) is 5.69 Å². The molecule has 0 aromatic heterocycles. The number of aryl methyl sites for hydroxylation is 1. The van der Waals surface area contributed by atoms with E-state index in [4.69, 9.17) is 9.47 Å². The third-order valence-corrected chi connectivity index (χ3v) is 3.20. The van der Waals surface area contributed by atoms with E-state index in [0.717, 1.165) is 16.8 Å². The van der Waals surface area contributed by atoms with Gasteiger partial charge in [-0.1, -0.05) is 18.2 Å². The number of amides is 1. The zero-order valence-corrected chi connectivity index (χ0v) is 13.6. The van der Waals surface area contributed by atoms with Gasteiger partial charge in [-0.05, 0) is 55.3 Å². The maximum absolute atomic E-state index is 12.0. The van der Waals surface area contributed by atoms with Crippen molar-refractivity contribution in [1.82, 2.24) is 0 Å². The van der Waals surface area contributed by atoms with Crippen molar-refractivity contribution in [3.63, 3.8) is 0 Å². The maximum atomic E-state index is 12.0. The molecule has 1 N–H and O–H groups in total. The van der Waals surface area contributed by atoms with Crippen molar-refractivity contribution in [3.8, 4) is 11.5 Å². The molecule has 0 spiro atoms. The predicted octanol–water partition coefficient (Wildman–Crippen LogP) is 4.05. The molecule has 2 aromatic carbocycles. The van der Waals surface area contributed by atoms with E-state index >= 15 is 0 Å². The number of hydrogen-bond acceptors (Lipinski definition) is 3. The first-order chi connectivity index (χ1) is 11.1. The summed E-state index contributed by atoms with van der Waals surface area (Å²) < 4.78 is 10.8. The lowest BCUT2D eigenvalue weighted by atomic mass is 10.2. The zero-order chi connectivity index (χ0) is 16.7. The second-order valence-corrected chi connectivity index (χ2v) is 5.04. The van der Waals surface area contributed by atoms with Gasteiger partial charge in [-0.2, -0.15) is 0 Å². The van der Waals surface area contributed by atoms with Crippen LogP contribution in [-0.4, -0.2) is 19.6 Å². The summed E-state index contributed by atoms with van der Waals surface area (Å²) >= 11 is 0. The Morgan fingerprint density at radius 1 is 1.17 bits per heavy atom. The third-order valence-electron chi connectivity index (χ3n) is 3.20. The summed E-state index contributed by atoms with van der Waals surface area (Å²) in [5, 5.41) is 2.83. The van der Waals surface area contributed by atoms with E-state index in [1.165, 1.54) is 6.08 Å². The van der Waals surface area contributed by atoms with Crippen LogP contribution in [0.25, 0.3) is 6.08 Å². The highest BCUT2D eigenvalue weighted by molar-refractivity contribution is 6.02. The molecule has 23 heavy (non-hydrogen) atoms. The molecule has 0 saturated heterocycles. The van der Waals surface area contributed by atoms with Gasteiger partial charge in [-0.15, -0.1) is 0 Å². The first-order valence-electron chi connectivity index (χ1n) is 7.49.